The lowest BCUT2D eigenvalue weighted by Crippen LogP contribution is -2.42. The number of rotatable bonds is 24. The van der Waals surface area contributed by atoms with Gasteiger partial charge in [-0.1, -0.05) is 32.9 Å². The van der Waals surface area contributed by atoms with Crippen molar-refractivity contribution in [3.63, 3.8) is 0 Å². The Kier molecular flexibility index (Phi) is 29.7. The lowest BCUT2D eigenvalue weighted by Gasteiger charge is -2.14. The highest BCUT2D eigenvalue weighted by Gasteiger charge is 2.32. The Balaban J connectivity index is -0.000000745. The van der Waals surface area contributed by atoms with Crippen molar-refractivity contribution >= 4 is 96.0 Å². The van der Waals surface area contributed by atoms with E-state index in [1.54, 1.807) is 27.0 Å². The molecule has 61 heavy (non-hydrogen) atoms. The quantitative estimate of drug-likeness (QED) is 0.0237. The molecular weight excluding hydrogens is 920 g/mol. The molecule has 1 aromatic heterocycles. The number of amides is 3. The van der Waals surface area contributed by atoms with Gasteiger partial charge in [0.15, 0.2) is 5.25 Å². The molecule has 0 aliphatic rings. The summed E-state index contributed by atoms with van der Waals surface area (Å²) < 4.78 is 114. The standard InChI is InChI=1S/C9H17NO7S2.C8H13N3O4S.C7H14NO4P.C7H13NO4S/c1-7(6-11)5-10-9(12)8(19(15,16)17)3-4-18(2,13)14;1-7(6-12)4-8-5-11(10-9-8)2-3-16(13,14)15;2*1-6(4-9)3-8-7(10)5-13(2,11)12/h6-8H,3-5H2,1-2H3,(H,10,12)(H,15,16,17);5-7H,2-4H2,1H3,(H,13,14,15);4,6H,3,5H2,1-2H3,(H,8,10)(H,11,12);4,6H,2-3,5H2,1H3,(H,8,10)(H,11,12). The third-order valence-electron chi connectivity index (χ3n) is 6.66. The first-order chi connectivity index (χ1) is 27.6. The molecule has 7 atom stereocenters. The molecule has 0 radical (unpaired) electrons. The second-order valence-electron chi connectivity index (χ2n) is 13.8. The Bertz CT molecular complexity index is 2070. The number of sulfone groups is 1. The molecule has 0 saturated carbocycles. The van der Waals surface area contributed by atoms with Gasteiger partial charge < -0.3 is 44.6 Å². The Morgan fingerprint density at radius 2 is 1.23 bits per heavy atom. The van der Waals surface area contributed by atoms with Crippen LogP contribution in [0.25, 0.3) is 0 Å². The number of aromatic nitrogens is 3. The monoisotopic (exact) mass is 976 g/mol. The van der Waals surface area contributed by atoms with Crippen molar-refractivity contribution in [2.75, 3.05) is 56.0 Å². The molecule has 354 valence electrons. The summed E-state index contributed by atoms with van der Waals surface area (Å²) in [6, 6.07) is 0. The van der Waals surface area contributed by atoms with Crippen molar-refractivity contribution in [1.29, 1.82) is 0 Å². The van der Waals surface area contributed by atoms with Crippen LogP contribution in [0.15, 0.2) is 6.20 Å². The summed E-state index contributed by atoms with van der Waals surface area (Å²) >= 11 is 0. The van der Waals surface area contributed by atoms with E-state index in [4.69, 9.17) is 18.6 Å². The fourth-order valence-corrected chi connectivity index (χ4v) is 6.67. The third-order valence-corrected chi connectivity index (χ3v) is 11.1. The topological polar surface area (TPSA) is 404 Å². The zero-order chi connectivity index (χ0) is 48.4. The number of aldehydes is 4. The Morgan fingerprint density at radius 1 is 0.787 bits per heavy atom. The minimum absolute atomic E-state index is 0.0430. The Labute approximate surface area is 355 Å². The number of nitrogens with one attached hydrogen (secondary N) is 3. The first-order valence-electron chi connectivity index (χ1n) is 17.5. The smallest absolute Gasteiger partial charge is 0.276 e. The predicted molar refractivity (Wildman–Crippen MR) is 223 cm³/mol. The number of carbonyl (C=O) groups excluding carboxylic acids is 7. The van der Waals surface area contributed by atoms with Gasteiger partial charge in [0.1, 0.15) is 46.9 Å². The van der Waals surface area contributed by atoms with Crippen LogP contribution in [0.1, 0.15) is 39.8 Å². The molecule has 1 rings (SSSR count). The van der Waals surface area contributed by atoms with Gasteiger partial charge in [0.05, 0.1) is 33.5 Å². The zero-order valence-corrected chi connectivity index (χ0v) is 38.5. The van der Waals surface area contributed by atoms with Gasteiger partial charge in [-0.2, -0.15) is 16.8 Å². The molecule has 0 spiro atoms. The number of nitrogens with zero attached hydrogens (tertiary/aromatic N) is 3. The van der Waals surface area contributed by atoms with Crippen molar-refractivity contribution in [3.05, 3.63) is 11.9 Å². The average Bonchev–Trinajstić information content (AvgIpc) is 3.56. The fourth-order valence-electron chi connectivity index (χ4n) is 3.51. The molecule has 25 nitrogen and oxygen atoms in total. The molecule has 0 aliphatic carbocycles. The number of aryl methyl sites for hydroxylation is 1. The number of carbonyl (C=O) groups is 7. The lowest BCUT2D eigenvalue weighted by atomic mass is 10.1. The van der Waals surface area contributed by atoms with Crippen LogP contribution in [-0.4, -0.2) is 173 Å². The summed E-state index contributed by atoms with van der Waals surface area (Å²) in [7, 11) is -18.7. The van der Waals surface area contributed by atoms with E-state index in [0.29, 0.717) is 31.0 Å². The van der Waals surface area contributed by atoms with Crippen LogP contribution < -0.4 is 16.0 Å². The summed E-state index contributed by atoms with van der Waals surface area (Å²) in [5.41, 5.74) is 0.620. The molecule has 0 fully saturated rings. The number of hydrogen-bond acceptors (Lipinski definition) is 17. The van der Waals surface area contributed by atoms with Crippen LogP contribution in [0.2, 0.25) is 0 Å². The van der Waals surface area contributed by atoms with E-state index in [-0.39, 0.29) is 43.9 Å². The molecule has 1 aromatic rings. The second-order valence-corrected chi connectivity index (χ2v) is 23.5. The van der Waals surface area contributed by atoms with Gasteiger partial charge in [-0.25, -0.2) is 12.6 Å². The second kappa shape index (κ2) is 29.5. The molecule has 30 heteroatoms. The highest BCUT2D eigenvalue weighted by molar-refractivity contribution is 7.95. The summed E-state index contributed by atoms with van der Waals surface area (Å²) in [6.07, 6.45) is 4.78. The molecule has 7 N–H and O–H groups in total. The van der Waals surface area contributed by atoms with Gasteiger partial charge in [-0.15, -0.1) is 5.10 Å². The van der Waals surface area contributed by atoms with Crippen LogP contribution in [0.5, 0.6) is 0 Å². The number of hydrogen-bond donors (Lipinski definition) is 7. The molecule has 1 heterocycles. The van der Waals surface area contributed by atoms with Crippen molar-refractivity contribution in [3.8, 4) is 0 Å². The van der Waals surface area contributed by atoms with Crippen molar-refractivity contribution in [1.82, 2.24) is 30.9 Å². The maximum absolute atomic E-state index is 11.6. The van der Waals surface area contributed by atoms with E-state index in [1.807, 2.05) is 0 Å². The van der Waals surface area contributed by atoms with Crippen LogP contribution in [-0.2, 0) is 91.0 Å². The van der Waals surface area contributed by atoms with Crippen LogP contribution >= 0.6 is 7.37 Å². The van der Waals surface area contributed by atoms with E-state index in [0.717, 1.165) is 19.2 Å². The minimum atomic E-state index is -4.71. The average molecular weight is 977 g/mol. The fraction of sp³-hybridized carbons (Fsp3) is 0.677. The summed E-state index contributed by atoms with van der Waals surface area (Å²) in [6.45, 7) is 8.01. The van der Waals surface area contributed by atoms with Gasteiger partial charge in [0.2, 0.25) is 25.1 Å². The van der Waals surface area contributed by atoms with Crippen LogP contribution in [0.3, 0.4) is 0 Å². The van der Waals surface area contributed by atoms with Gasteiger partial charge >= 0.3 is 0 Å². The molecule has 0 bridgehead atoms. The zero-order valence-electron chi connectivity index (χ0n) is 34.4. The summed E-state index contributed by atoms with van der Waals surface area (Å²) in [5.74, 6) is -1.88. The first kappa shape index (κ1) is 61.5. The van der Waals surface area contributed by atoms with Gasteiger partial charge in [0.25, 0.3) is 20.2 Å². The van der Waals surface area contributed by atoms with E-state index >= 15 is 0 Å². The van der Waals surface area contributed by atoms with Crippen LogP contribution in [0, 0.1) is 23.7 Å². The van der Waals surface area contributed by atoms with Gasteiger partial charge in [-0.05, 0) is 12.3 Å². The molecule has 0 saturated heterocycles. The van der Waals surface area contributed by atoms with Crippen molar-refractivity contribution in [2.24, 2.45) is 23.7 Å². The Hall–Kier alpha value is -3.83. The molecule has 3 amide bonds. The SMILES string of the molecule is C=S(=O)(O)CC(=O)NCC(C)C=O.CC(C=O)CNC(=O)C(CCS(C)(=O)=O)S(=O)(=O)O.CC(C=O)CNC(=O)CP(C)(=O)O.CC(C=O)Cc1cn(CCS(=O)(=O)O)nn1. The molecular formula is C31H57N6O19PS4. The normalized spacial score (nSPS) is 15.7. The molecule has 7 unspecified atom stereocenters. The molecule has 0 aliphatic heterocycles. The summed E-state index contributed by atoms with van der Waals surface area (Å²) in [4.78, 5) is 83.2. The largest absolute Gasteiger partial charge is 0.355 e. The Morgan fingerprint density at radius 3 is 1.61 bits per heavy atom. The predicted octanol–water partition coefficient (Wildman–Crippen LogP) is -2.86. The first-order valence-corrected chi connectivity index (χ1v) is 26.9. The van der Waals surface area contributed by atoms with E-state index < -0.39 is 106 Å². The summed E-state index contributed by atoms with van der Waals surface area (Å²) in [5, 5.41) is 12.5. The van der Waals surface area contributed by atoms with E-state index in [1.165, 1.54) is 11.6 Å². The highest BCUT2D eigenvalue weighted by Crippen LogP contribution is 2.34. The van der Waals surface area contributed by atoms with Crippen molar-refractivity contribution < 1.29 is 86.1 Å². The lowest BCUT2D eigenvalue weighted by molar-refractivity contribution is -0.121. The minimum Gasteiger partial charge on any atom is -0.355 e. The van der Waals surface area contributed by atoms with Crippen molar-refractivity contribution in [2.45, 2.75) is 52.3 Å². The maximum atomic E-state index is 11.6. The van der Waals surface area contributed by atoms with Gasteiger partial charge in [0, 0.05) is 68.8 Å². The molecule has 0 aromatic carbocycles. The van der Waals surface area contributed by atoms with Gasteiger partial charge in [-0.3, -0.25) is 32.7 Å². The van der Waals surface area contributed by atoms with E-state index in [9.17, 15) is 67.6 Å². The van der Waals surface area contributed by atoms with Crippen LogP contribution in [0.4, 0.5) is 0 Å². The van der Waals surface area contributed by atoms with E-state index in [2.05, 4.69) is 32.1 Å². The third kappa shape index (κ3) is 40.0. The highest BCUT2D eigenvalue weighted by atomic mass is 32.2. The maximum Gasteiger partial charge on any atom is 0.276 e.